The zero-order chi connectivity index (χ0) is 14.1. The van der Waals surface area contributed by atoms with Crippen LogP contribution in [0, 0.1) is 0 Å². The number of hydrogen-bond donors (Lipinski definition) is 2. The number of nitrogens with two attached hydrogens (primary N) is 1. The number of rotatable bonds is 4. The van der Waals surface area contributed by atoms with Crippen molar-refractivity contribution in [1.82, 2.24) is 14.7 Å². The van der Waals surface area contributed by atoms with Gasteiger partial charge in [0.1, 0.15) is 0 Å². The Labute approximate surface area is 122 Å². The second-order valence-electron chi connectivity index (χ2n) is 5.37. The third-order valence-corrected chi connectivity index (χ3v) is 4.90. The highest BCUT2D eigenvalue weighted by atomic mass is 32.1. The maximum absolute atomic E-state index is 10.2. The van der Waals surface area contributed by atoms with E-state index < -0.39 is 6.10 Å². The summed E-state index contributed by atoms with van der Waals surface area (Å²) < 4.78 is 1.70. The number of aliphatic hydroxyl groups is 1. The minimum atomic E-state index is -0.433. The van der Waals surface area contributed by atoms with E-state index >= 15 is 0 Å². The number of aromatic nitrogens is 2. The summed E-state index contributed by atoms with van der Waals surface area (Å²) in [5.41, 5.74) is 7.67. The highest BCUT2D eigenvalue weighted by molar-refractivity contribution is 7.10. The second kappa shape index (κ2) is 5.55. The van der Waals surface area contributed by atoms with Crippen molar-refractivity contribution in [1.29, 1.82) is 0 Å². The van der Waals surface area contributed by atoms with E-state index in [0.29, 0.717) is 24.8 Å². The molecular weight excluding hydrogens is 272 g/mol. The summed E-state index contributed by atoms with van der Waals surface area (Å²) in [6, 6.07) is 2.58. The number of nitrogen functional groups attached to an aromatic ring is 1. The lowest BCUT2D eigenvalue weighted by Crippen LogP contribution is -2.40. The molecule has 0 bridgehead atoms. The van der Waals surface area contributed by atoms with Crippen LogP contribution in [0.1, 0.15) is 23.4 Å². The molecule has 0 saturated carbocycles. The number of thiophene rings is 1. The molecule has 2 aromatic heterocycles. The van der Waals surface area contributed by atoms with Gasteiger partial charge in [-0.3, -0.25) is 9.58 Å². The number of hydrogen-bond acceptors (Lipinski definition) is 5. The topological polar surface area (TPSA) is 67.3 Å². The van der Waals surface area contributed by atoms with E-state index in [1.165, 1.54) is 10.4 Å². The second-order valence-corrected chi connectivity index (χ2v) is 6.37. The van der Waals surface area contributed by atoms with Crippen molar-refractivity contribution in [2.45, 2.75) is 32.0 Å². The Morgan fingerprint density at radius 3 is 3.15 bits per heavy atom. The van der Waals surface area contributed by atoms with Gasteiger partial charge in [-0.2, -0.15) is 5.10 Å². The number of anilines is 1. The first-order valence-corrected chi connectivity index (χ1v) is 7.78. The van der Waals surface area contributed by atoms with Crippen LogP contribution in [0.25, 0.3) is 0 Å². The van der Waals surface area contributed by atoms with E-state index in [9.17, 15) is 5.11 Å². The van der Waals surface area contributed by atoms with E-state index in [4.69, 9.17) is 5.73 Å². The maximum Gasteiger partial charge on any atom is 0.0862 e. The van der Waals surface area contributed by atoms with Crippen LogP contribution in [0.5, 0.6) is 0 Å². The van der Waals surface area contributed by atoms with Gasteiger partial charge in [0.05, 0.1) is 24.5 Å². The smallest absolute Gasteiger partial charge is 0.0862 e. The maximum atomic E-state index is 10.2. The van der Waals surface area contributed by atoms with Gasteiger partial charge in [0.2, 0.25) is 0 Å². The number of nitrogens with zero attached hydrogens (tertiary/aromatic N) is 3. The summed E-state index contributed by atoms with van der Waals surface area (Å²) in [5, 5.41) is 16.5. The third kappa shape index (κ3) is 2.72. The Bertz CT molecular complexity index is 579. The van der Waals surface area contributed by atoms with Gasteiger partial charge in [-0.05, 0) is 30.4 Å². The standard InChI is InChI=1S/C14H20N4OS/c1-10-13-3-5-20-14(13)2-4-17(10)8-12(19)9-18-7-11(15)6-16-18/h3,5-7,10,12,19H,2,4,8-9,15H2,1H3. The van der Waals surface area contributed by atoms with Crippen molar-refractivity contribution in [3.63, 3.8) is 0 Å². The van der Waals surface area contributed by atoms with Gasteiger partial charge in [0.25, 0.3) is 0 Å². The monoisotopic (exact) mass is 292 g/mol. The Morgan fingerprint density at radius 2 is 2.40 bits per heavy atom. The first-order valence-electron chi connectivity index (χ1n) is 6.90. The molecule has 0 aromatic carbocycles. The van der Waals surface area contributed by atoms with E-state index in [-0.39, 0.29) is 0 Å². The molecule has 1 aliphatic heterocycles. The molecule has 0 amide bonds. The van der Waals surface area contributed by atoms with Crippen LogP contribution in [-0.2, 0) is 13.0 Å². The normalized spacial score (nSPS) is 20.8. The zero-order valence-electron chi connectivity index (χ0n) is 11.6. The lowest BCUT2D eigenvalue weighted by atomic mass is 10.0. The molecule has 6 heteroatoms. The average molecular weight is 292 g/mol. The van der Waals surface area contributed by atoms with Crippen LogP contribution in [-0.4, -0.2) is 39.0 Å². The van der Waals surface area contributed by atoms with Crippen molar-refractivity contribution in [2.75, 3.05) is 18.8 Å². The quantitative estimate of drug-likeness (QED) is 0.896. The van der Waals surface area contributed by atoms with E-state index in [0.717, 1.165) is 13.0 Å². The fourth-order valence-electron chi connectivity index (χ4n) is 2.83. The lowest BCUT2D eigenvalue weighted by Gasteiger charge is -2.34. The van der Waals surface area contributed by atoms with Crippen molar-refractivity contribution < 1.29 is 5.11 Å². The lowest BCUT2D eigenvalue weighted by molar-refractivity contribution is 0.0732. The fraction of sp³-hybridized carbons (Fsp3) is 0.500. The Hall–Kier alpha value is -1.37. The first-order chi connectivity index (χ1) is 9.63. The van der Waals surface area contributed by atoms with Gasteiger partial charge in [-0.1, -0.05) is 0 Å². The number of fused-ring (bicyclic) bond motifs is 1. The van der Waals surface area contributed by atoms with E-state index in [2.05, 4.69) is 28.4 Å². The van der Waals surface area contributed by atoms with Crippen molar-refractivity contribution in [3.05, 3.63) is 34.3 Å². The summed E-state index contributed by atoms with van der Waals surface area (Å²) in [7, 11) is 0. The summed E-state index contributed by atoms with van der Waals surface area (Å²) in [5.74, 6) is 0. The van der Waals surface area contributed by atoms with Gasteiger partial charge in [-0.25, -0.2) is 0 Å². The first kappa shape index (κ1) is 13.6. The van der Waals surface area contributed by atoms with Gasteiger partial charge >= 0.3 is 0 Å². The molecule has 3 rings (SSSR count). The fourth-order valence-corrected chi connectivity index (χ4v) is 3.80. The van der Waals surface area contributed by atoms with Crippen LogP contribution < -0.4 is 5.73 Å². The summed E-state index contributed by atoms with van der Waals surface area (Å²) in [4.78, 5) is 3.83. The van der Waals surface area contributed by atoms with Crippen LogP contribution in [0.2, 0.25) is 0 Å². The van der Waals surface area contributed by atoms with Gasteiger partial charge in [0, 0.05) is 30.2 Å². The molecule has 2 aromatic rings. The summed E-state index contributed by atoms with van der Waals surface area (Å²) >= 11 is 1.84. The van der Waals surface area contributed by atoms with Crippen LogP contribution in [0.3, 0.4) is 0 Å². The van der Waals surface area contributed by atoms with E-state index in [1.54, 1.807) is 17.1 Å². The molecule has 0 fully saturated rings. The predicted octanol–water partition coefficient (Wildman–Crippen LogP) is 1.51. The predicted molar refractivity (Wildman–Crippen MR) is 80.7 cm³/mol. The van der Waals surface area contributed by atoms with Gasteiger partial charge in [0.15, 0.2) is 0 Å². The minimum absolute atomic E-state index is 0.377. The molecule has 2 atom stereocenters. The highest BCUT2D eigenvalue weighted by Crippen LogP contribution is 2.32. The molecule has 3 N–H and O–H groups in total. The molecule has 0 spiro atoms. The molecule has 2 unspecified atom stereocenters. The largest absolute Gasteiger partial charge is 0.396 e. The summed E-state index contributed by atoms with van der Waals surface area (Å²) in [6.45, 7) is 4.36. The van der Waals surface area contributed by atoms with Crippen LogP contribution in [0.15, 0.2) is 23.8 Å². The van der Waals surface area contributed by atoms with E-state index in [1.807, 2.05) is 11.3 Å². The molecule has 5 nitrogen and oxygen atoms in total. The average Bonchev–Trinajstić information content (AvgIpc) is 3.02. The molecular formula is C14H20N4OS. The highest BCUT2D eigenvalue weighted by Gasteiger charge is 2.26. The molecule has 1 aliphatic rings. The Balaban J connectivity index is 1.61. The Morgan fingerprint density at radius 1 is 1.55 bits per heavy atom. The van der Waals surface area contributed by atoms with Gasteiger partial charge < -0.3 is 10.8 Å². The number of β-amino-alcohol motifs (C(OH)–C–C–N with tert-alkyl or cyclic N) is 1. The molecule has 0 saturated heterocycles. The minimum Gasteiger partial charge on any atom is -0.396 e. The molecule has 3 heterocycles. The summed E-state index contributed by atoms with van der Waals surface area (Å²) in [6.07, 6.45) is 4.00. The van der Waals surface area contributed by atoms with Crippen LogP contribution in [0.4, 0.5) is 5.69 Å². The number of aliphatic hydroxyl groups excluding tert-OH is 1. The van der Waals surface area contributed by atoms with Crippen LogP contribution >= 0.6 is 11.3 Å². The van der Waals surface area contributed by atoms with Crippen molar-refractivity contribution in [3.8, 4) is 0 Å². The Kier molecular flexibility index (Phi) is 3.78. The zero-order valence-corrected chi connectivity index (χ0v) is 12.4. The van der Waals surface area contributed by atoms with Gasteiger partial charge in [-0.15, -0.1) is 11.3 Å². The van der Waals surface area contributed by atoms with Crippen molar-refractivity contribution >= 4 is 17.0 Å². The van der Waals surface area contributed by atoms with Crippen molar-refractivity contribution in [2.24, 2.45) is 0 Å². The SMILES string of the molecule is CC1c2ccsc2CCN1CC(O)Cn1cc(N)cn1. The molecule has 108 valence electrons. The molecule has 20 heavy (non-hydrogen) atoms. The third-order valence-electron chi connectivity index (χ3n) is 3.90. The molecule has 0 aliphatic carbocycles. The molecule has 0 radical (unpaired) electrons.